The number of hydrogen-bond acceptors (Lipinski definition) is 2. The van der Waals surface area contributed by atoms with E-state index in [2.05, 4.69) is 213 Å². The molecule has 0 atom stereocenters. The SMILES string of the molecule is Brc1c(-n2c3cc4ccccc4cc3c3c4ccccc4ccc32)cc2sc3ccccc3c2c1N(c1ccc2ccccc2c1)c1ccc2ccccc2c1. The molecule has 0 N–H and O–H groups in total. The zero-order chi connectivity index (χ0) is 36.9. The molecule has 0 saturated carbocycles. The molecule has 2 heterocycles. The van der Waals surface area contributed by atoms with E-state index in [9.17, 15) is 0 Å². The predicted octanol–water partition coefficient (Wildman–Crippen LogP) is 16.0. The summed E-state index contributed by atoms with van der Waals surface area (Å²) in [4.78, 5) is 2.48. The molecule has 0 aliphatic carbocycles. The Kier molecular flexibility index (Phi) is 6.98. The molecular weight excluding hydrogens is 765 g/mol. The Morgan fingerprint density at radius 1 is 0.393 bits per heavy atom. The number of halogens is 1. The maximum atomic E-state index is 4.40. The highest BCUT2D eigenvalue weighted by Crippen LogP contribution is 2.52. The third kappa shape index (κ3) is 4.73. The maximum Gasteiger partial charge on any atom is 0.0718 e. The van der Waals surface area contributed by atoms with Crippen molar-refractivity contribution in [2.45, 2.75) is 0 Å². The Morgan fingerprint density at radius 3 is 1.61 bits per heavy atom. The van der Waals surface area contributed by atoms with Gasteiger partial charge in [-0.15, -0.1) is 11.3 Å². The number of thiophene rings is 1. The standard InChI is InChI=1S/C52H31BrN2S/c53-51-46(55-44-26-23-34-13-7-8-18-41(34)49(44)43-29-37-16-5-6-17-38(37)30-45(43)55)31-48-50(42-19-9-10-20-47(42)56-48)52(51)54(39-24-21-32-11-1-3-14-35(32)27-39)40-25-22-33-12-2-4-15-36(33)28-40/h1-31H. The normalized spacial score (nSPS) is 12.0. The zero-order valence-corrected chi connectivity index (χ0v) is 32.5. The van der Waals surface area contributed by atoms with Crippen molar-refractivity contribution in [2.75, 3.05) is 4.90 Å². The van der Waals surface area contributed by atoms with Crippen molar-refractivity contribution < 1.29 is 0 Å². The largest absolute Gasteiger partial charge is 0.309 e. The second-order valence-electron chi connectivity index (χ2n) is 14.7. The Bertz CT molecular complexity index is 3500. The predicted molar refractivity (Wildman–Crippen MR) is 246 cm³/mol. The molecule has 0 amide bonds. The molecule has 2 aromatic heterocycles. The quantitative estimate of drug-likeness (QED) is 0.172. The average Bonchev–Trinajstić information content (AvgIpc) is 3.78. The highest BCUT2D eigenvalue weighted by Gasteiger charge is 2.27. The van der Waals surface area contributed by atoms with E-state index in [1.54, 1.807) is 0 Å². The monoisotopic (exact) mass is 794 g/mol. The van der Waals surface area contributed by atoms with E-state index in [-0.39, 0.29) is 0 Å². The molecular formula is C52H31BrN2S. The van der Waals surface area contributed by atoms with Crippen molar-refractivity contribution in [1.82, 2.24) is 4.57 Å². The third-order valence-electron chi connectivity index (χ3n) is 11.5. The molecule has 0 saturated heterocycles. The average molecular weight is 796 g/mol. The number of fused-ring (bicyclic) bond motifs is 11. The highest BCUT2D eigenvalue weighted by molar-refractivity contribution is 9.10. The fourth-order valence-corrected chi connectivity index (χ4v) is 10.8. The van der Waals surface area contributed by atoms with Gasteiger partial charge in [-0.25, -0.2) is 0 Å². The lowest BCUT2D eigenvalue weighted by molar-refractivity contribution is 1.17. The van der Waals surface area contributed by atoms with Gasteiger partial charge >= 0.3 is 0 Å². The second-order valence-corrected chi connectivity index (χ2v) is 16.5. The smallest absolute Gasteiger partial charge is 0.0718 e. The summed E-state index contributed by atoms with van der Waals surface area (Å²) < 4.78 is 6.04. The minimum Gasteiger partial charge on any atom is -0.309 e. The van der Waals surface area contributed by atoms with Crippen LogP contribution in [-0.4, -0.2) is 4.57 Å². The van der Waals surface area contributed by atoms with Gasteiger partial charge in [0.15, 0.2) is 0 Å². The molecule has 0 aliphatic heterocycles. The van der Waals surface area contributed by atoms with Gasteiger partial charge in [0.2, 0.25) is 0 Å². The fraction of sp³-hybridized carbons (Fsp3) is 0. The van der Waals surface area contributed by atoms with Crippen LogP contribution in [0.15, 0.2) is 193 Å². The first kappa shape index (κ1) is 31.8. The highest BCUT2D eigenvalue weighted by atomic mass is 79.9. The molecule has 2 nitrogen and oxygen atoms in total. The van der Waals surface area contributed by atoms with E-state index >= 15 is 0 Å². The molecule has 0 aliphatic rings. The van der Waals surface area contributed by atoms with Crippen LogP contribution in [0.25, 0.3) is 90.8 Å². The van der Waals surface area contributed by atoms with E-state index in [4.69, 9.17) is 0 Å². The van der Waals surface area contributed by atoms with E-state index in [0.717, 1.165) is 27.2 Å². The molecule has 0 bridgehead atoms. The first-order valence-corrected chi connectivity index (χ1v) is 20.6. The summed E-state index contributed by atoms with van der Waals surface area (Å²) in [5, 5.41) is 14.8. The summed E-state index contributed by atoms with van der Waals surface area (Å²) in [5.74, 6) is 0. The minimum absolute atomic E-state index is 1.04. The van der Waals surface area contributed by atoms with Gasteiger partial charge in [-0.2, -0.15) is 0 Å². The van der Waals surface area contributed by atoms with Crippen LogP contribution in [0.3, 0.4) is 0 Å². The Balaban J connectivity index is 1.25. The lowest BCUT2D eigenvalue weighted by atomic mass is 10.0. The van der Waals surface area contributed by atoms with Gasteiger partial charge in [-0.3, -0.25) is 0 Å². The molecule has 12 rings (SSSR count). The molecule has 56 heavy (non-hydrogen) atoms. The van der Waals surface area contributed by atoms with Crippen LogP contribution in [0.4, 0.5) is 17.1 Å². The van der Waals surface area contributed by atoms with E-state index in [1.807, 2.05) is 11.3 Å². The van der Waals surface area contributed by atoms with Crippen LogP contribution >= 0.6 is 27.3 Å². The number of benzene rings is 10. The van der Waals surface area contributed by atoms with Crippen molar-refractivity contribution in [1.29, 1.82) is 0 Å². The van der Waals surface area contributed by atoms with E-state index in [0.29, 0.717) is 0 Å². The molecule has 4 heteroatoms. The van der Waals surface area contributed by atoms with Gasteiger partial charge in [0.25, 0.3) is 0 Å². The van der Waals surface area contributed by atoms with Gasteiger partial charge in [0, 0.05) is 42.3 Å². The number of nitrogens with zero attached hydrogens (tertiary/aromatic N) is 2. The van der Waals surface area contributed by atoms with E-state index in [1.165, 1.54) is 85.1 Å². The van der Waals surface area contributed by atoms with Gasteiger partial charge in [-0.1, -0.05) is 133 Å². The lowest BCUT2D eigenvalue weighted by Crippen LogP contribution is -2.12. The summed E-state index contributed by atoms with van der Waals surface area (Å²) in [6.45, 7) is 0. The third-order valence-corrected chi connectivity index (χ3v) is 13.4. The summed E-state index contributed by atoms with van der Waals surface area (Å²) in [6.07, 6.45) is 0. The number of aromatic nitrogens is 1. The first-order chi connectivity index (χ1) is 27.7. The lowest BCUT2D eigenvalue weighted by Gasteiger charge is -2.29. The van der Waals surface area contributed by atoms with Crippen LogP contribution in [-0.2, 0) is 0 Å². The van der Waals surface area contributed by atoms with Crippen molar-refractivity contribution in [2.24, 2.45) is 0 Å². The van der Waals surface area contributed by atoms with Crippen molar-refractivity contribution in [3.8, 4) is 5.69 Å². The van der Waals surface area contributed by atoms with Crippen molar-refractivity contribution in [3.05, 3.63) is 193 Å². The van der Waals surface area contributed by atoms with Crippen LogP contribution in [0.1, 0.15) is 0 Å². The number of hydrogen-bond donors (Lipinski definition) is 0. The summed E-state index contributed by atoms with van der Waals surface area (Å²) in [5.41, 5.74) is 6.81. The molecule has 10 aromatic carbocycles. The number of rotatable bonds is 4. The topological polar surface area (TPSA) is 8.17 Å². The maximum absolute atomic E-state index is 4.40. The molecule has 0 spiro atoms. The number of anilines is 3. The fourth-order valence-electron chi connectivity index (χ4n) is 8.97. The molecule has 12 aromatic rings. The van der Waals surface area contributed by atoms with Gasteiger partial charge in [-0.05, 0) is 114 Å². The van der Waals surface area contributed by atoms with Crippen LogP contribution in [0, 0.1) is 0 Å². The van der Waals surface area contributed by atoms with Crippen molar-refractivity contribution in [3.63, 3.8) is 0 Å². The molecule has 0 radical (unpaired) electrons. The second kappa shape index (κ2) is 12.3. The zero-order valence-electron chi connectivity index (χ0n) is 30.1. The summed E-state index contributed by atoms with van der Waals surface area (Å²) in [7, 11) is 0. The van der Waals surface area contributed by atoms with Crippen molar-refractivity contribution >= 4 is 129 Å². The Morgan fingerprint density at radius 2 is 0.929 bits per heavy atom. The van der Waals surface area contributed by atoms with Gasteiger partial charge in [0.05, 0.1) is 26.9 Å². The molecule has 0 fully saturated rings. The van der Waals surface area contributed by atoms with Crippen LogP contribution in [0.5, 0.6) is 0 Å². The van der Waals surface area contributed by atoms with E-state index < -0.39 is 0 Å². The summed E-state index contributed by atoms with van der Waals surface area (Å²) >= 11 is 6.27. The van der Waals surface area contributed by atoms with Gasteiger partial charge < -0.3 is 9.47 Å². The summed E-state index contributed by atoms with van der Waals surface area (Å²) in [6, 6.07) is 69.2. The minimum atomic E-state index is 1.04. The molecule has 262 valence electrons. The Labute approximate surface area is 335 Å². The molecule has 0 unspecified atom stereocenters. The Hall–Kier alpha value is -6.46. The van der Waals surface area contributed by atoms with Gasteiger partial charge in [0.1, 0.15) is 0 Å². The van der Waals surface area contributed by atoms with Crippen LogP contribution < -0.4 is 4.90 Å². The first-order valence-electron chi connectivity index (χ1n) is 18.9. The van der Waals surface area contributed by atoms with Crippen LogP contribution in [0.2, 0.25) is 0 Å².